The first-order valence-electron chi connectivity index (χ1n) is 6.70. The fraction of sp³-hybridized carbons (Fsp3) is 0.846. The van der Waals surface area contributed by atoms with Crippen LogP contribution in [0.1, 0.15) is 45.4 Å². The van der Waals surface area contributed by atoms with Gasteiger partial charge in [0.25, 0.3) is 0 Å². The summed E-state index contributed by atoms with van der Waals surface area (Å²) in [6, 6.07) is 0. The van der Waals surface area contributed by atoms with Crippen molar-refractivity contribution in [2.75, 3.05) is 13.1 Å². The Balaban J connectivity index is 1.72. The van der Waals surface area contributed by atoms with E-state index < -0.39 is 0 Å². The first-order chi connectivity index (χ1) is 8.15. The van der Waals surface area contributed by atoms with E-state index in [1.165, 1.54) is 25.7 Å². The molecule has 2 aliphatic rings. The maximum atomic E-state index is 11.9. The Bertz CT molecular complexity index is 301. The van der Waals surface area contributed by atoms with E-state index in [0.29, 0.717) is 24.8 Å². The number of piperidine rings is 1. The van der Waals surface area contributed by atoms with Gasteiger partial charge in [0.15, 0.2) is 0 Å². The Hall–Kier alpha value is -1.06. The molecule has 96 valence electrons. The average Bonchev–Trinajstić information content (AvgIpc) is 3.08. The lowest BCUT2D eigenvalue weighted by Gasteiger charge is -2.23. The maximum Gasteiger partial charge on any atom is 0.224 e. The molecule has 1 saturated carbocycles. The predicted molar refractivity (Wildman–Crippen MR) is 65.3 cm³/mol. The average molecular weight is 238 g/mol. The van der Waals surface area contributed by atoms with Gasteiger partial charge in [-0.15, -0.1) is 0 Å². The summed E-state index contributed by atoms with van der Waals surface area (Å²) in [7, 11) is 0. The summed E-state index contributed by atoms with van der Waals surface area (Å²) >= 11 is 0. The van der Waals surface area contributed by atoms with E-state index in [2.05, 4.69) is 17.6 Å². The quantitative estimate of drug-likeness (QED) is 0.756. The second-order valence-electron chi connectivity index (χ2n) is 5.51. The molecular weight excluding hydrogens is 216 g/mol. The first kappa shape index (κ1) is 12.4. The van der Waals surface area contributed by atoms with E-state index in [1.807, 2.05) is 0 Å². The fourth-order valence-corrected chi connectivity index (χ4v) is 2.60. The van der Waals surface area contributed by atoms with Gasteiger partial charge in [-0.1, -0.05) is 13.3 Å². The summed E-state index contributed by atoms with van der Waals surface area (Å²) in [4.78, 5) is 22.9. The molecular formula is C13H22N2O2. The van der Waals surface area contributed by atoms with Crippen LogP contribution in [-0.2, 0) is 9.59 Å². The Kier molecular flexibility index (Phi) is 3.69. The number of hydrogen-bond acceptors (Lipinski definition) is 2. The molecule has 1 heterocycles. The fourth-order valence-electron chi connectivity index (χ4n) is 2.60. The molecule has 1 atom stereocenters. The van der Waals surface area contributed by atoms with E-state index >= 15 is 0 Å². The van der Waals surface area contributed by atoms with Gasteiger partial charge < -0.3 is 10.6 Å². The smallest absolute Gasteiger partial charge is 0.224 e. The standard InChI is InChI=1S/C13H22N2O2/c1-2-5-13(6-7-13)9-15-12(17)10-3-4-11(16)14-8-10/h10H,2-9H2,1H3,(H,14,16)(H,15,17). The third-order valence-electron chi connectivity index (χ3n) is 4.01. The molecule has 0 aromatic carbocycles. The maximum absolute atomic E-state index is 11.9. The monoisotopic (exact) mass is 238 g/mol. The van der Waals surface area contributed by atoms with E-state index in [1.54, 1.807) is 0 Å². The number of carbonyl (C=O) groups excluding carboxylic acids is 2. The van der Waals surface area contributed by atoms with Gasteiger partial charge >= 0.3 is 0 Å². The minimum Gasteiger partial charge on any atom is -0.355 e. The third kappa shape index (κ3) is 3.20. The Morgan fingerprint density at radius 2 is 2.29 bits per heavy atom. The number of nitrogens with one attached hydrogen (secondary N) is 2. The van der Waals surface area contributed by atoms with Crippen LogP contribution in [0.2, 0.25) is 0 Å². The minimum atomic E-state index is -0.0230. The van der Waals surface area contributed by atoms with Crippen molar-refractivity contribution in [3.63, 3.8) is 0 Å². The zero-order valence-corrected chi connectivity index (χ0v) is 10.6. The molecule has 4 nitrogen and oxygen atoms in total. The van der Waals surface area contributed by atoms with E-state index in [-0.39, 0.29) is 17.7 Å². The van der Waals surface area contributed by atoms with Crippen molar-refractivity contribution in [3.05, 3.63) is 0 Å². The second kappa shape index (κ2) is 5.07. The zero-order valence-electron chi connectivity index (χ0n) is 10.6. The summed E-state index contributed by atoms with van der Waals surface area (Å²) in [5, 5.41) is 5.82. The van der Waals surface area contributed by atoms with Crippen molar-refractivity contribution in [3.8, 4) is 0 Å². The van der Waals surface area contributed by atoms with Crippen molar-refractivity contribution < 1.29 is 9.59 Å². The molecule has 4 heteroatoms. The van der Waals surface area contributed by atoms with Gasteiger partial charge in [0.05, 0.1) is 5.92 Å². The third-order valence-corrected chi connectivity index (χ3v) is 4.01. The molecule has 0 aromatic heterocycles. The molecule has 2 rings (SSSR count). The van der Waals surface area contributed by atoms with Crippen LogP contribution in [0.3, 0.4) is 0 Å². The second-order valence-corrected chi connectivity index (χ2v) is 5.51. The highest BCUT2D eigenvalue weighted by Gasteiger charge is 2.41. The van der Waals surface area contributed by atoms with Crippen LogP contribution >= 0.6 is 0 Å². The molecule has 0 radical (unpaired) electrons. The molecule has 0 aromatic rings. The Labute approximate surface area is 103 Å². The zero-order chi connectivity index (χ0) is 12.3. The summed E-state index contributed by atoms with van der Waals surface area (Å²) in [5.41, 5.74) is 0.405. The van der Waals surface area contributed by atoms with Gasteiger partial charge in [-0.05, 0) is 31.1 Å². The molecule has 1 aliphatic heterocycles. The van der Waals surface area contributed by atoms with Gasteiger partial charge in [-0.3, -0.25) is 9.59 Å². The Morgan fingerprint density at radius 3 is 2.82 bits per heavy atom. The van der Waals surface area contributed by atoms with Crippen molar-refractivity contribution in [1.82, 2.24) is 10.6 Å². The van der Waals surface area contributed by atoms with Crippen LogP contribution in [0.5, 0.6) is 0 Å². The van der Waals surface area contributed by atoms with Gasteiger partial charge in [0.2, 0.25) is 11.8 Å². The van der Waals surface area contributed by atoms with Crippen molar-refractivity contribution in [1.29, 1.82) is 0 Å². The van der Waals surface area contributed by atoms with Crippen molar-refractivity contribution in [2.24, 2.45) is 11.3 Å². The summed E-state index contributed by atoms with van der Waals surface area (Å²) in [6.07, 6.45) is 6.09. The molecule has 1 unspecified atom stereocenters. The summed E-state index contributed by atoms with van der Waals surface area (Å²) in [5.74, 6) is 0.163. The number of hydrogen-bond donors (Lipinski definition) is 2. The molecule has 0 bridgehead atoms. The van der Waals surface area contributed by atoms with E-state index in [0.717, 1.165) is 6.54 Å². The van der Waals surface area contributed by atoms with Gasteiger partial charge in [-0.2, -0.15) is 0 Å². The lowest BCUT2D eigenvalue weighted by atomic mass is 9.97. The topological polar surface area (TPSA) is 58.2 Å². The Morgan fingerprint density at radius 1 is 1.53 bits per heavy atom. The van der Waals surface area contributed by atoms with Gasteiger partial charge in [0.1, 0.15) is 0 Å². The predicted octanol–water partition coefficient (Wildman–Crippen LogP) is 1.21. The lowest BCUT2D eigenvalue weighted by Crippen LogP contribution is -2.44. The first-order valence-corrected chi connectivity index (χ1v) is 6.70. The molecule has 2 amide bonds. The number of carbonyl (C=O) groups is 2. The van der Waals surface area contributed by atoms with Crippen LogP contribution in [0.15, 0.2) is 0 Å². The van der Waals surface area contributed by atoms with Gasteiger partial charge in [-0.25, -0.2) is 0 Å². The van der Waals surface area contributed by atoms with Crippen LogP contribution in [-0.4, -0.2) is 24.9 Å². The lowest BCUT2D eigenvalue weighted by molar-refractivity contribution is -0.129. The van der Waals surface area contributed by atoms with E-state index in [4.69, 9.17) is 0 Å². The normalized spacial score (nSPS) is 26.2. The largest absolute Gasteiger partial charge is 0.355 e. The molecule has 17 heavy (non-hydrogen) atoms. The van der Waals surface area contributed by atoms with Crippen molar-refractivity contribution in [2.45, 2.75) is 45.4 Å². The number of rotatable bonds is 5. The minimum absolute atomic E-state index is 0.0230. The van der Waals surface area contributed by atoms with Crippen LogP contribution in [0.4, 0.5) is 0 Å². The van der Waals surface area contributed by atoms with Crippen molar-refractivity contribution >= 4 is 11.8 Å². The molecule has 2 fully saturated rings. The molecule has 1 saturated heterocycles. The summed E-state index contributed by atoms with van der Waals surface area (Å²) < 4.78 is 0. The van der Waals surface area contributed by atoms with Gasteiger partial charge in [0, 0.05) is 19.5 Å². The highest BCUT2D eigenvalue weighted by atomic mass is 16.2. The molecule has 2 N–H and O–H groups in total. The highest BCUT2D eigenvalue weighted by molar-refractivity contribution is 5.83. The molecule has 0 spiro atoms. The summed E-state index contributed by atoms with van der Waals surface area (Å²) in [6.45, 7) is 3.52. The number of amides is 2. The van der Waals surface area contributed by atoms with Crippen LogP contribution in [0, 0.1) is 11.3 Å². The SMILES string of the molecule is CCCC1(CNC(=O)C2CCC(=O)NC2)CC1. The van der Waals surface area contributed by atoms with Crippen LogP contribution in [0.25, 0.3) is 0 Å². The van der Waals surface area contributed by atoms with Crippen LogP contribution < -0.4 is 10.6 Å². The highest BCUT2D eigenvalue weighted by Crippen LogP contribution is 2.48. The molecule has 1 aliphatic carbocycles. The van der Waals surface area contributed by atoms with E-state index in [9.17, 15) is 9.59 Å².